The summed E-state index contributed by atoms with van der Waals surface area (Å²) in [6.45, 7) is 0. The van der Waals surface area contributed by atoms with Crippen LogP contribution in [0, 0.1) is 0 Å². The third kappa shape index (κ3) is 2.34. The maximum absolute atomic E-state index is 11.1. The first-order chi connectivity index (χ1) is 8.09. The van der Waals surface area contributed by atoms with Gasteiger partial charge in [-0.05, 0) is 31.4 Å². The quantitative estimate of drug-likeness (QED) is 0.685. The third-order valence-corrected chi connectivity index (χ3v) is 3.05. The molecule has 0 aromatic heterocycles. The number of carbonyl (C=O) groups is 1. The number of rotatable bonds is 3. The molecule has 1 aromatic carbocycles. The van der Waals surface area contributed by atoms with Gasteiger partial charge >= 0.3 is 5.97 Å². The zero-order chi connectivity index (χ0) is 12.4. The molecule has 5 N–H and O–H groups in total. The van der Waals surface area contributed by atoms with Gasteiger partial charge in [0.1, 0.15) is 11.7 Å². The topological polar surface area (TPSA) is 98.6 Å². The molecule has 92 valence electrons. The Bertz CT molecular complexity index is 434. The first-order valence-corrected chi connectivity index (χ1v) is 5.63. The van der Waals surface area contributed by atoms with Crippen LogP contribution in [-0.2, 0) is 0 Å². The molecule has 2 atom stereocenters. The first-order valence-electron chi connectivity index (χ1n) is 5.63. The van der Waals surface area contributed by atoms with Gasteiger partial charge in [-0.3, -0.25) is 0 Å². The summed E-state index contributed by atoms with van der Waals surface area (Å²) in [5.41, 5.74) is 12.1. The van der Waals surface area contributed by atoms with E-state index in [0.717, 1.165) is 19.3 Å². The molecular weight excluding hydrogens is 220 g/mol. The summed E-state index contributed by atoms with van der Waals surface area (Å²) >= 11 is 0. The number of carboxylic acids is 1. The van der Waals surface area contributed by atoms with Crippen molar-refractivity contribution in [3.8, 4) is 5.75 Å². The lowest BCUT2D eigenvalue weighted by Gasteiger charge is -2.20. The molecule has 1 saturated carbocycles. The smallest absolute Gasteiger partial charge is 0.339 e. The van der Waals surface area contributed by atoms with Gasteiger partial charge in [-0.25, -0.2) is 4.79 Å². The third-order valence-electron chi connectivity index (χ3n) is 3.05. The SMILES string of the molecule is Nc1cccc(C(=O)O)c1OC1CCCC1N. The van der Waals surface area contributed by atoms with E-state index in [9.17, 15) is 4.79 Å². The largest absolute Gasteiger partial charge is 0.486 e. The van der Waals surface area contributed by atoms with Crippen molar-refractivity contribution < 1.29 is 14.6 Å². The number of hydrogen-bond acceptors (Lipinski definition) is 4. The molecule has 1 aliphatic carbocycles. The van der Waals surface area contributed by atoms with Crippen LogP contribution in [0.2, 0.25) is 0 Å². The van der Waals surface area contributed by atoms with Crippen molar-refractivity contribution in [3.63, 3.8) is 0 Å². The predicted octanol–water partition coefficient (Wildman–Crippen LogP) is 1.23. The average Bonchev–Trinajstić information content (AvgIpc) is 2.67. The number of aromatic carboxylic acids is 1. The Hall–Kier alpha value is -1.75. The highest BCUT2D eigenvalue weighted by atomic mass is 16.5. The number of nitrogens with two attached hydrogens (primary N) is 2. The molecule has 0 aliphatic heterocycles. The van der Waals surface area contributed by atoms with E-state index in [-0.39, 0.29) is 23.5 Å². The lowest BCUT2D eigenvalue weighted by molar-refractivity contribution is 0.0688. The molecule has 5 nitrogen and oxygen atoms in total. The molecule has 0 radical (unpaired) electrons. The lowest BCUT2D eigenvalue weighted by Crippen LogP contribution is -2.34. The van der Waals surface area contributed by atoms with E-state index in [4.69, 9.17) is 21.3 Å². The van der Waals surface area contributed by atoms with Gasteiger partial charge in [0.25, 0.3) is 0 Å². The molecule has 1 aliphatic rings. The van der Waals surface area contributed by atoms with E-state index in [0.29, 0.717) is 5.69 Å². The number of anilines is 1. The second-order valence-electron chi connectivity index (χ2n) is 4.28. The second kappa shape index (κ2) is 4.63. The molecule has 5 heteroatoms. The van der Waals surface area contributed by atoms with Gasteiger partial charge in [0, 0.05) is 6.04 Å². The Kier molecular flexibility index (Phi) is 3.19. The van der Waals surface area contributed by atoms with E-state index in [2.05, 4.69) is 0 Å². The maximum atomic E-state index is 11.1. The standard InChI is InChI=1S/C12H16N2O3/c13-8-4-2-6-10(8)17-11-7(12(15)16)3-1-5-9(11)14/h1,3,5,8,10H,2,4,6,13-14H2,(H,15,16). The molecule has 1 fully saturated rings. The monoisotopic (exact) mass is 236 g/mol. The second-order valence-corrected chi connectivity index (χ2v) is 4.28. The van der Waals surface area contributed by atoms with Crippen LogP contribution in [0.15, 0.2) is 18.2 Å². The Labute approximate surface area is 99.4 Å². The van der Waals surface area contributed by atoms with Crippen molar-refractivity contribution in [1.82, 2.24) is 0 Å². The zero-order valence-corrected chi connectivity index (χ0v) is 9.43. The molecule has 0 bridgehead atoms. The van der Waals surface area contributed by atoms with Gasteiger partial charge in [-0.15, -0.1) is 0 Å². The van der Waals surface area contributed by atoms with Crippen molar-refractivity contribution in [3.05, 3.63) is 23.8 Å². The molecule has 0 spiro atoms. The maximum Gasteiger partial charge on any atom is 0.339 e. The minimum atomic E-state index is -1.04. The van der Waals surface area contributed by atoms with Gasteiger partial charge in [0.2, 0.25) is 0 Å². The average molecular weight is 236 g/mol. The summed E-state index contributed by atoms with van der Waals surface area (Å²) in [7, 11) is 0. The number of nitrogen functional groups attached to an aromatic ring is 1. The molecule has 0 amide bonds. The van der Waals surface area contributed by atoms with Crippen LogP contribution < -0.4 is 16.2 Å². The van der Waals surface area contributed by atoms with E-state index >= 15 is 0 Å². The predicted molar refractivity (Wildman–Crippen MR) is 64.1 cm³/mol. The Morgan fingerprint density at radius 3 is 2.76 bits per heavy atom. The fourth-order valence-corrected chi connectivity index (χ4v) is 2.11. The van der Waals surface area contributed by atoms with Crippen molar-refractivity contribution in [2.24, 2.45) is 5.73 Å². The van der Waals surface area contributed by atoms with Crippen molar-refractivity contribution in [2.75, 3.05) is 5.73 Å². The van der Waals surface area contributed by atoms with Crippen LogP contribution in [0.5, 0.6) is 5.75 Å². The lowest BCUT2D eigenvalue weighted by atomic mass is 10.1. The van der Waals surface area contributed by atoms with Crippen LogP contribution in [0.4, 0.5) is 5.69 Å². The summed E-state index contributed by atoms with van der Waals surface area (Å²) < 4.78 is 5.68. The van der Waals surface area contributed by atoms with Gasteiger partial charge in [-0.1, -0.05) is 6.07 Å². The Morgan fingerprint density at radius 1 is 1.41 bits per heavy atom. The summed E-state index contributed by atoms with van der Waals surface area (Å²) in [6, 6.07) is 4.66. The number of hydrogen-bond donors (Lipinski definition) is 3. The molecule has 1 aromatic rings. The molecule has 2 rings (SSSR count). The highest BCUT2D eigenvalue weighted by Crippen LogP contribution is 2.31. The normalized spacial score (nSPS) is 23.6. The molecule has 0 saturated heterocycles. The Morgan fingerprint density at radius 2 is 2.18 bits per heavy atom. The summed E-state index contributed by atoms with van der Waals surface area (Å²) in [5.74, 6) is -0.804. The van der Waals surface area contributed by atoms with Crippen LogP contribution in [0.3, 0.4) is 0 Å². The molecule has 2 unspecified atom stereocenters. The van der Waals surface area contributed by atoms with Crippen molar-refractivity contribution in [2.45, 2.75) is 31.4 Å². The first kappa shape index (κ1) is 11.7. The number of ether oxygens (including phenoxy) is 1. The van der Waals surface area contributed by atoms with Crippen LogP contribution >= 0.6 is 0 Å². The minimum Gasteiger partial charge on any atom is -0.486 e. The van der Waals surface area contributed by atoms with Gasteiger partial charge in [0.15, 0.2) is 5.75 Å². The molecule has 17 heavy (non-hydrogen) atoms. The van der Waals surface area contributed by atoms with E-state index in [1.54, 1.807) is 12.1 Å². The highest BCUT2D eigenvalue weighted by molar-refractivity contribution is 5.93. The van der Waals surface area contributed by atoms with Gasteiger partial charge < -0.3 is 21.3 Å². The fourth-order valence-electron chi connectivity index (χ4n) is 2.11. The van der Waals surface area contributed by atoms with E-state index in [1.165, 1.54) is 6.07 Å². The number of para-hydroxylation sites is 1. The van der Waals surface area contributed by atoms with Gasteiger partial charge in [0.05, 0.1) is 5.69 Å². The summed E-state index contributed by atoms with van der Waals surface area (Å²) in [6.07, 6.45) is 2.60. The van der Waals surface area contributed by atoms with E-state index in [1.807, 2.05) is 0 Å². The van der Waals surface area contributed by atoms with Gasteiger partial charge in [-0.2, -0.15) is 0 Å². The van der Waals surface area contributed by atoms with Crippen molar-refractivity contribution in [1.29, 1.82) is 0 Å². The van der Waals surface area contributed by atoms with Crippen molar-refractivity contribution >= 4 is 11.7 Å². The van der Waals surface area contributed by atoms with Crippen LogP contribution in [0.1, 0.15) is 29.6 Å². The highest BCUT2D eigenvalue weighted by Gasteiger charge is 2.27. The number of carboxylic acid groups (broad SMARTS) is 1. The number of benzene rings is 1. The van der Waals surface area contributed by atoms with Crippen LogP contribution in [-0.4, -0.2) is 23.2 Å². The summed E-state index contributed by atoms with van der Waals surface area (Å²) in [5, 5.41) is 9.06. The van der Waals surface area contributed by atoms with Crippen LogP contribution in [0.25, 0.3) is 0 Å². The zero-order valence-electron chi connectivity index (χ0n) is 9.43. The summed E-state index contributed by atoms with van der Waals surface area (Å²) in [4.78, 5) is 11.1. The van der Waals surface area contributed by atoms with E-state index < -0.39 is 5.97 Å². The molecule has 0 heterocycles. The fraction of sp³-hybridized carbons (Fsp3) is 0.417. The molecular formula is C12H16N2O3. The Balaban J connectivity index is 2.27. The minimum absolute atomic E-state index is 0.0451.